The highest BCUT2D eigenvalue weighted by atomic mass is 32.2. The Labute approximate surface area is 186 Å². The number of unbranched alkanes of at least 4 members (excludes halogenated alkanes) is 1. The summed E-state index contributed by atoms with van der Waals surface area (Å²) in [5, 5.41) is 3.74. The van der Waals surface area contributed by atoms with E-state index in [4.69, 9.17) is 9.47 Å². The van der Waals surface area contributed by atoms with Crippen molar-refractivity contribution < 1.29 is 14.3 Å². The Morgan fingerprint density at radius 1 is 1.26 bits per heavy atom. The van der Waals surface area contributed by atoms with Gasteiger partial charge in [0.05, 0.1) is 30.3 Å². The van der Waals surface area contributed by atoms with Gasteiger partial charge in [0.1, 0.15) is 11.6 Å². The maximum Gasteiger partial charge on any atom is 0.337 e. The van der Waals surface area contributed by atoms with E-state index in [1.165, 1.54) is 11.8 Å². The van der Waals surface area contributed by atoms with Crippen LogP contribution in [0.2, 0.25) is 0 Å². The first-order valence-electron chi connectivity index (χ1n) is 10.4. The van der Waals surface area contributed by atoms with Crippen molar-refractivity contribution in [1.82, 2.24) is 9.97 Å². The fourth-order valence-electron chi connectivity index (χ4n) is 3.49. The molecule has 0 fully saturated rings. The fraction of sp³-hybridized carbons (Fsp3) is 0.435. The summed E-state index contributed by atoms with van der Waals surface area (Å²) in [5.74, 6) is 0.995. The Kier molecular flexibility index (Phi) is 7.43. The molecule has 1 atom stereocenters. The summed E-state index contributed by atoms with van der Waals surface area (Å²) in [5.41, 5.74) is 1.97. The molecule has 0 bridgehead atoms. The predicted molar refractivity (Wildman–Crippen MR) is 123 cm³/mol. The van der Waals surface area contributed by atoms with Crippen LogP contribution < -0.4 is 15.6 Å². The van der Waals surface area contributed by atoms with E-state index in [0.29, 0.717) is 33.6 Å². The lowest BCUT2D eigenvalue weighted by molar-refractivity contribution is -0.143. The van der Waals surface area contributed by atoms with Crippen LogP contribution in [0.3, 0.4) is 0 Å². The number of rotatable bonds is 8. The van der Waals surface area contributed by atoms with Crippen LogP contribution in [0.1, 0.15) is 57.6 Å². The van der Waals surface area contributed by atoms with Gasteiger partial charge in [0.15, 0.2) is 5.16 Å². The van der Waals surface area contributed by atoms with Gasteiger partial charge >= 0.3 is 5.97 Å². The molecule has 1 aliphatic rings. The molecule has 0 saturated carbocycles. The number of aromatic nitrogens is 2. The minimum Gasteiger partial charge on any atom is -0.497 e. The molecule has 31 heavy (non-hydrogen) atoms. The quantitative estimate of drug-likeness (QED) is 0.269. The monoisotopic (exact) mass is 443 g/mol. The van der Waals surface area contributed by atoms with Crippen LogP contribution >= 0.6 is 11.8 Å². The molecule has 0 aliphatic carbocycles. The third-order valence-electron chi connectivity index (χ3n) is 4.97. The number of hydrogen-bond acceptors (Lipinski definition) is 7. The van der Waals surface area contributed by atoms with Crippen molar-refractivity contribution in [1.29, 1.82) is 0 Å². The molecule has 8 heteroatoms. The van der Waals surface area contributed by atoms with Crippen LogP contribution in [0.25, 0.3) is 0 Å². The van der Waals surface area contributed by atoms with Crippen LogP contribution in [0.15, 0.2) is 45.5 Å². The third-order valence-corrected chi connectivity index (χ3v) is 5.93. The summed E-state index contributed by atoms with van der Waals surface area (Å²) in [6.07, 6.45) is 1.83. The normalized spacial score (nSPS) is 15.5. The lowest BCUT2D eigenvalue weighted by Crippen LogP contribution is -2.31. The summed E-state index contributed by atoms with van der Waals surface area (Å²) in [6, 6.07) is 7.35. The first-order chi connectivity index (χ1) is 14.8. The van der Waals surface area contributed by atoms with Crippen molar-refractivity contribution in [3.8, 4) is 5.75 Å². The van der Waals surface area contributed by atoms with E-state index in [-0.39, 0.29) is 11.7 Å². The number of hydrogen-bond donors (Lipinski definition) is 2. The SMILES string of the molecule is CCCCSc1nc2c(c(=O)[nH]1)C(c1ccc(OC)cc1)C(C(=O)OC(C)C)=C(C)N2. The zero-order chi connectivity index (χ0) is 22.5. The van der Waals surface area contributed by atoms with Gasteiger partial charge in [0.2, 0.25) is 0 Å². The Balaban J connectivity index is 2.12. The fourth-order valence-corrected chi connectivity index (χ4v) is 4.44. The second kappa shape index (κ2) is 10.0. The topological polar surface area (TPSA) is 93.3 Å². The van der Waals surface area contributed by atoms with Crippen LogP contribution in [0.5, 0.6) is 5.75 Å². The van der Waals surface area contributed by atoms with Gasteiger partial charge in [0, 0.05) is 11.4 Å². The van der Waals surface area contributed by atoms with Crippen LogP contribution in [-0.4, -0.2) is 34.9 Å². The maximum absolute atomic E-state index is 13.2. The highest BCUT2D eigenvalue weighted by Gasteiger charge is 2.36. The largest absolute Gasteiger partial charge is 0.497 e. The molecule has 1 aliphatic heterocycles. The molecule has 1 unspecified atom stereocenters. The standard InChI is InChI=1S/C23H29N3O4S/c1-6-7-12-31-23-25-20-19(21(27)26-23)18(15-8-10-16(29-5)11-9-15)17(14(4)24-20)22(28)30-13(2)3/h8-11,13,18H,6-7,12H2,1-5H3,(H2,24,25,26,27). The van der Waals surface area contributed by atoms with Crippen molar-refractivity contribution >= 4 is 23.5 Å². The van der Waals surface area contributed by atoms with E-state index in [1.807, 2.05) is 31.2 Å². The van der Waals surface area contributed by atoms with Gasteiger partial charge in [0.25, 0.3) is 5.56 Å². The average Bonchev–Trinajstić information content (AvgIpc) is 2.72. The molecule has 3 rings (SSSR count). The number of H-pyrrole nitrogens is 1. The van der Waals surface area contributed by atoms with Gasteiger partial charge in [-0.15, -0.1) is 0 Å². The zero-order valence-electron chi connectivity index (χ0n) is 18.6. The minimum absolute atomic E-state index is 0.264. The molecule has 1 aromatic carbocycles. The van der Waals surface area contributed by atoms with Gasteiger partial charge < -0.3 is 19.8 Å². The molecular formula is C23H29N3O4S. The molecule has 0 saturated heterocycles. The number of benzene rings is 1. The van der Waals surface area contributed by atoms with Gasteiger partial charge in [-0.1, -0.05) is 37.2 Å². The number of carbonyl (C=O) groups excluding carboxylic acids is 1. The number of aromatic amines is 1. The van der Waals surface area contributed by atoms with Gasteiger partial charge in [-0.2, -0.15) is 0 Å². The van der Waals surface area contributed by atoms with E-state index in [9.17, 15) is 9.59 Å². The van der Waals surface area contributed by atoms with Crippen molar-refractivity contribution in [3.05, 3.63) is 57.0 Å². The Morgan fingerprint density at radius 3 is 2.58 bits per heavy atom. The molecule has 7 nitrogen and oxygen atoms in total. The number of nitrogens with one attached hydrogen (secondary N) is 2. The van der Waals surface area contributed by atoms with Crippen molar-refractivity contribution in [2.45, 2.75) is 57.7 Å². The van der Waals surface area contributed by atoms with Crippen LogP contribution in [-0.2, 0) is 9.53 Å². The highest BCUT2D eigenvalue weighted by Crippen LogP contribution is 2.40. The predicted octanol–water partition coefficient (Wildman–Crippen LogP) is 4.45. The first kappa shape index (κ1) is 22.9. The number of carbonyl (C=O) groups is 1. The number of thioether (sulfide) groups is 1. The Hall–Kier alpha value is -2.74. The maximum atomic E-state index is 13.2. The average molecular weight is 444 g/mol. The number of esters is 1. The smallest absolute Gasteiger partial charge is 0.337 e. The molecular weight excluding hydrogens is 414 g/mol. The Bertz CT molecular complexity index is 1030. The number of ether oxygens (including phenoxy) is 2. The molecule has 0 spiro atoms. The molecule has 1 aromatic heterocycles. The van der Waals surface area contributed by atoms with Crippen LogP contribution in [0.4, 0.5) is 5.82 Å². The minimum atomic E-state index is -0.598. The summed E-state index contributed by atoms with van der Waals surface area (Å²) >= 11 is 1.52. The zero-order valence-corrected chi connectivity index (χ0v) is 19.4. The van der Waals surface area contributed by atoms with Gasteiger partial charge in [-0.05, 0) is 44.9 Å². The van der Waals surface area contributed by atoms with E-state index in [0.717, 1.165) is 24.2 Å². The van der Waals surface area contributed by atoms with E-state index < -0.39 is 11.9 Å². The van der Waals surface area contributed by atoms with Gasteiger partial charge in [-0.3, -0.25) is 4.79 Å². The van der Waals surface area contributed by atoms with E-state index in [2.05, 4.69) is 22.2 Å². The molecule has 0 radical (unpaired) electrons. The van der Waals surface area contributed by atoms with E-state index >= 15 is 0 Å². The number of methoxy groups -OCH3 is 1. The highest BCUT2D eigenvalue weighted by molar-refractivity contribution is 7.99. The summed E-state index contributed by atoms with van der Waals surface area (Å²) in [4.78, 5) is 33.7. The van der Waals surface area contributed by atoms with Crippen molar-refractivity contribution in [2.75, 3.05) is 18.2 Å². The molecule has 0 amide bonds. The van der Waals surface area contributed by atoms with Gasteiger partial charge in [-0.25, -0.2) is 9.78 Å². The molecule has 2 aromatic rings. The van der Waals surface area contributed by atoms with E-state index in [1.54, 1.807) is 21.0 Å². The second-order valence-electron chi connectivity index (χ2n) is 7.66. The lowest BCUT2D eigenvalue weighted by Gasteiger charge is -2.29. The van der Waals surface area contributed by atoms with Crippen molar-refractivity contribution in [2.24, 2.45) is 0 Å². The summed E-state index contributed by atoms with van der Waals surface area (Å²) < 4.78 is 10.8. The Morgan fingerprint density at radius 2 is 1.97 bits per heavy atom. The molecule has 166 valence electrons. The van der Waals surface area contributed by atoms with Crippen molar-refractivity contribution in [3.63, 3.8) is 0 Å². The summed E-state index contributed by atoms with van der Waals surface area (Å²) in [6.45, 7) is 7.53. The second-order valence-corrected chi connectivity index (χ2v) is 8.74. The summed E-state index contributed by atoms with van der Waals surface area (Å²) in [7, 11) is 1.59. The number of anilines is 1. The van der Waals surface area contributed by atoms with Crippen LogP contribution in [0, 0.1) is 0 Å². The molecule has 2 heterocycles. The third kappa shape index (κ3) is 5.12. The number of allylic oxidation sites excluding steroid dienone is 1. The number of nitrogens with zero attached hydrogens (tertiary/aromatic N) is 1. The lowest BCUT2D eigenvalue weighted by atomic mass is 9.82. The number of fused-ring (bicyclic) bond motifs is 1. The first-order valence-corrected chi connectivity index (χ1v) is 11.4. The molecule has 2 N–H and O–H groups in total.